The van der Waals surface area contributed by atoms with Gasteiger partial charge in [-0.25, -0.2) is 0 Å². The first-order valence-corrected chi connectivity index (χ1v) is 6.07. The van der Waals surface area contributed by atoms with E-state index in [9.17, 15) is 0 Å². The molecule has 0 saturated carbocycles. The van der Waals surface area contributed by atoms with Gasteiger partial charge in [-0.05, 0) is 17.7 Å². The fourth-order valence-corrected chi connectivity index (χ4v) is 2.21. The van der Waals surface area contributed by atoms with Gasteiger partial charge in [0.15, 0.2) is 0 Å². The Morgan fingerprint density at radius 1 is 1.47 bits per heavy atom. The Morgan fingerprint density at radius 3 is 2.80 bits per heavy atom. The van der Waals surface area contributed by atoms with E-state index < -0.39 is 6.10 Å². The summed E-state index contributed by atoms with van der Waals surface area (Å²) in [6.45, 7) is -0.205. The molecular formula is C10H14ClNO2S. The van der Waals surface area contributed by atoms with Crippen LogP contribution >= 0.6 is 23.4 Å². The van der Waals surface area contributed by atoms with Crippen molar-refractivity contribution in [3.05, 3.63) is 28.8 Å². The van der Waals surface area contributed by atoms with Crippen molar-refractivity contribution in [2.75, 3.05) is 18.1 Å². The van der Waals surface area contributed by atoms with Crippen LogP contribution in [0.5, 0.6) is 0 Å². The summed E-state index contributed by atoms with van der Waals surface area (Å²) in [5, 5.41) is 18.4. The van der Waals surface area contributed by atoms with Crippen LogP contribution < -0.4 is 5.73 Å². The second kappa shape index (κ2) is 6.23. The molecule has 0 aliphatic rings. The monoisotopic (exact) mass is 247 g/mol. The highest BCUT2D eigenvalue weighted by molar-refractivity contribution is 7.98. The van der Waals surface area contributed by atoms with Crippen molar-refractivity contribution in [3.8, 4) is 0 Å². The van der Waals surface area contributed by atoms with Crippen LogP contribution in [0.3, 0.4) is 0 Å². The number of nitrogen functional groups attached to an aromatic ring is 1. The molecule has 5 heteroatoms. The largest absolute Gasteiger partial charge is 0.398 e. The van der Waals surface area contributed by atoms with E-state index >= 15 is 0 Å². The maximum Gasteiger partial charge on any atom is 0.0861 e. The number of nitrogens with two attached hydrogens (primary N) is 1. The lowest BCUT2D eigenvalue weighted by Crippen LogP contribution is -2.14. The molecule has 0 aliphatic heterocycles. The Hall–Kier alpha value is -0.420. The summed E-state index contributed by atoms with van der Waals surface area (Å²) >= 11 is 7.29. The molecule has 0 aromatic heterocycles. The van der Waals surface area contributed by atoms with Gasteiger partial charge in [-0.2, -0.15) is 11.8 Å². The van der Waals surface area contributed by atoms with Gasteiger partial charge in [-0.3, -0.25) is 0 Å². The number of benzene rings is 1. The smallest absolute Gasteiger partial charge is 0.0861 e. The zero-order valence-corrected chi connectivity index (χ0v) is 9.76. The first-order valence-electron chi connectivity index (χ1n) is 4.54. The molecule has 0 fully saturated rings. The van der Waals surface area contributed by atoms with E-state index in [4.69, 9.17) is 27.5 Å². The zero-order chi connectivity index (χ0) is 11.3. The standard InChI is InChI=1S/C10H14ClNO2S/c11-8-2-1-7(10(12)3-8)5-15-6-9(14)4-13/h1-3,9,13-14H,4-6,12H2. The van der Waals surface area contributed by atoms with Crippen molar-refractivity contribution < 1.29 is 10.2 Å². The fourth-order valence-electron chi connectivity index (χ4n) is 1.05. The van der Waals surface area contributed by atoms with Crippen molar-refractivity contribution >= 4 is 29.1 Å². The molecule has 15 heavy (non-hydrogen) atoms. The molecule has 0 heterocycles. The zero-order valence-electron chi connectivity index (χ0n) is 8.19. The number of aliphatic hydroxyl groups is 2. The maximum absolute atomic E-state index is 9.13. The third-order valence-corrected chi connectivity index (χ3v) is 3.26. The Bertz CT molecular complexity index is 322. The quantitative estimate of drug-likeness (QED) is 0.690. The molecular weight excluding hydrogens is 234 g/mol. The summed E-state index contributed by atoms with van der Waals surface area (Å²) in [6, 6.07) is 5.37. The van der Waals surface area contributed by atoms with Gasteiger partial charge in [0.2, 0.25) is 0 Å². The summed E-state index contributed by atoms with van der Waals surface area (Å²) < 4.78 is 0. The summed E-state index contributed by atoms with van der Waals surface area (Å²) in [5.74, 6) is 1.21. The third-order valence-electron chi connectivity index (χ3n) is 1.89. The molecule has 1 rings (SSSR count). The van der Waals surface area contributed by atoms with Gasteiger partial charge in [0, 0.05) is 22.2 Å². The Morgan fingerprint density at radius 2 is 2.20 bits per heavy atom. The number of rotatable bonds is 5. The predicted molar refractivity (Wildman–Crippen MR) is 65.1 cm³/mol. The number of halogens is 1. The fraction of sp³-hybridized carbons (Fsp3) is 0.400. The minimum atomic E-state index is -0.663. The molecule has 84 valence electrons. The Kier molecular flexibility index (Phi) is 5.25. The molecule has 1 atom stereocenters. The molecule has 0 spiro atoms. The van der Waals surface area contributed by atoms with Crippen LogP contribution in [0.2, 0.25) is 5.02 Å². The van der Waals surface area contributed by atoms with Crippen LogP contribution in [0.25, 0.3) is 0 Å². The van der Waals surface area contributed by atoms with Crippen LogP contribution in [-0.4, -0.2) is 28.7 Å². The minimum Gasteiger partial charge on any atom is -0.398 e. The molecule has 0 amide bonds. The van der Waals surface area contributed by atoms with Crippen LogP contribution in [0.4, 0.5) is 5.69 Å². The van der Waals surface area contributed by atoms with Gasteiger partial charge in [-0.15, -0.1) is 0 Å². The van der Waals surface area contributed by atoms with Gasteiger partial charge >= 0.3 is 0 Å². The number of hydrogen-bond donors (Lipinski definition) is 3. The first kappa shape index (κ1) is 12.6. The molecule has 3 nitrogen and oxygen atoms in total. The predicted octanol–water partition coefficient (Wildman–Crippen LogP) is 1.51. The topological polar surface area (TPSA) is 66.5 Å². The summed E-state index contributed by atoms with van der Waals surface area (Å²) in [7, 11) is 0. The number of anilines is 1. The van der Waals surface area contributed by atoms with Crippen molar-refractivity contribution in [3.63, 3.8) is 0 Å². The van der Waals surface area contributed by atoms with Crippen molar-refractivity contribution in [1.29, 1.82) is 0 Å². The lowest BCUT2D eigenvalue weighted by molar-refractivity contribution is 0.113. The number of hydrogen-bond acceptors (Lipinski definition) is 4. The van der Waals surface area contributed by atoms with E-state index in [0.717, 1.165) is 5.56 Å². The van der Waals surface area contributed by atoms with Crippen LogP contribution in [-0.2, 0) is 5.75 Å². The van der Waals surface area contributed by atoms with Crippen LogP contribution in [0, 0.1) is 0 Å². The summed E-state index contributed by atoms with van der Waals surface area (Å²) in [5.41, 5.74) is 7.42. The van der Waals surface area contributed by atoms with E-state index in [0.29, 0.717) is 22.2 Å². The van der Waals surface area contributed by atoms with Gasteiger partial charge in [-0.1, -0.05) is 17.7 Å². The van der Waals surface area contributed by atoms with Crippen LogP contribution in [0.1, 0.15) is 5.56 Å². The van der Waals surface area contributed by atoms with Gasteiger partial charge in [0.25, 0.3) is 0 Å². The first-order chi connectivity index (χ1) is 7.13. The van der Waals surface area contributed by atoms with Crippen molar-refractivity contribution in [2.24, 2.45) is 0 Å². The molecule has 0 aliphatic carbocycles. The SMILES string of the molecule is Nc1cc(Cl)ccc1CSCC(O)CO. The lowest BCUT2D eigenvalue weighted by atomic mass is 10.2. The lowest BCUT2D eigenvalue weighted by Gasteiger charge is -2.08. The molecule has 1 aromatic carbocycles. The average Bonchev–Trinajstić information content (AvgIpc) is 2.21. The molecule has 0 saturated heterocycles. The molecule has 4 N–H and O–H groups in total. The number of thioether (sulfide) groups is 1. The second-order valence-corrected chi connectivity index (χ2v) is 4.66. The summed E-state index contributed by atoms with van der Waals surface area (Å²) in [4.78, 5) is 0. The van der Waals surface area contributed by atoms with Gasteiger partial charge < -0.3 is 15.9 Å². The Labute approximate surface area is 98.2 Å². The van der Waals surface area contributed by atoms with Crippen molar-refractivity contribution in [1.82, 2.24) is 0 Å². The highest BCUT2D eigenvalue weighted by atomic mass is 35.5. The van der Waals surface area contributed by atoms with E-state index in [-0.39, 0.29) is 6.61 Å². The normalized spacial score (nSPS) is 12.7. The second-order valence-electron chi connectivity index (χ2n) is 3.19. The molecule has 1 aromatic rings. The van der Waals surface area contributed by atoms with Crippen molar-refractivity contribution in [2.45, 2.75) is 11.9 Å². The summed E-state index contributed by atoms with van der Waals surface area (Å²) in [6.07, 6.45) is -0.663. The van der Waals surface area contributed by atoms with Gasteiger partial charge in [0.05, 0.1) is 12.7 Å². The minimum absolute atomic E-state index is 0.205. The molecule has 0 bridgehead atoms. The van der Waals surface area contributed by atoms with Crippen LogP contribution in [0.15, 0.2) is 18.2 Å². The van der Waals surface area contributed by atoms with Gasteiger partial charge in [0.1, 0.15) is 0 Å². The molecule has 0 radical (unpaired) electrons. The van der Waals surface area contributed by atoms with E-state index in [1.165, 1.54) is 11.8 Å². The van der Waals surface area contributed by atoms with E-state index in [2.05, 4.69) is 0 Å². The average molecular weight is 248 g/mol. The molecule has 1 unspecified atom stereocenters. The number of aliphatic hydroxyl groups excluding tert-OH is 2. The maximum atomic E-state index is 9.13. The van der Waals surface area contributed by atoms with E-state index in [1.807, 2.05) is 6.07 Å². The Balaban J connectivity index is 2.44. The third kappa shape index (κ3) is 4.30. The highest BCUT2D eigenvalue weighted by Crippen LogP contribution is 2.22. The highest BCUT2D eigenvalue weighted by Gasteiger charge is 2.04. The van der Waals surface area contributed by atoms with E-state index in [1.54, 1.807) is 12.1 Å².